The van der Waals surface area contributed by atoms with Crippen LogP contribution in [0.2, 0.25) is 0 Å². The molecule has 3 N–H and O–H groups in total. The summed E-state index contributed by atoms with van der Waals surface area (Å²) in [6.45, 7) is 0.725. The van der Waals surface area contributed by atoms with E-state index in [1.807, 2.05) is 24.3 Å². The predicted molar refractivity (Wildman–Crippen MR) is 79.6 cm³/mol. The fraction of sp³-hybridized carbons (Fsp3) is 0.562. The molecule has 0 saturated heterocycles. The van der Waals surface area contributed by atoms with Gasteiger partial charge in [0.1, 0.15) is 5.75 Å². The van der Waals surface area contributed by atoms with Crippen LogP contribution in [-0.4, -0.2) is 25.6 Å². The number of methoxy groups -OCH3 is 1. The summed E-state index contributed by atoms with van der Waals surface area (Å²) in [7, 11) is 1.65. The van der Waals surface area contributed by atoms with Crippen molar-refractivity contribution in [2.24, 2.45) is 11.7 Å². The van der Waals surface area contributed by atoms with Gasteiger partial charge in [0.25, 0.3) is 0 Å². The van der Waals surface area contributed by atoms with Crippen molar-refractivity contribution in [3.05, 3.63) is 29.8 Å². The lowest BCUT2D eigenvalue weighted by Crippen LogP contribution is -2.36. The summed E-state index contributed by atoms with van der Waals surface area (Å²) in [6.07, 6.45) is 4.70. The van der Waals surface area contributed by atoms with E-state index in [2.05, 4.69) is 5.32 Å². The van der Waals surface area contributed by atoms with Gasteiger partial charge in [-0.05, 0) is 42.9 Å². The molecular weight excluding hydrogens is 252 g/mol. The van der Waals surface area contributed by atoms with Crippen molar-refractivity contribution >= 4 is 5.91 Å². The molecule has 110 valence electrons. The lowest BCUT2D eigenvalue weighted by molar-refractivity contribution is -0.121. The van der Waals surface area contributed by atoms with Crippen LogP contribution in [-0.2, 0) is 11.2 Å². The van der Waals surface area contributed by atoms with Gasteiger partial charge in [-0.15, -0.1) is 0 Å². The Morgan fingerprint density at radius 1 is 1.35 bits per heavy atom. The Balaban J connectivity index is 1.69. The van der Waals surface area contributed by atoms with Crippen molar-refractivity contribution in [3.8, 4) is 5.75 Å². The lowest BCUT2D eigenvalue weighted by atomic mass is 10.0. The zero-order valence-electron chi connectivity index (χ0n) is 12.1. The van der Waals surface area contributed by atoms with Crippen LogP contribution >= 0.6 is 0 Å². The monoisotopic (exact) mass is 276 g/mol. The van der Waals surface area contributed by atoms with Crippen molar-refractivity contribution in [1.82, 2.24) is 5.32 Å². The van der Waals surface area contributed by atoms with Crippen LogP contribution in [0.5, 0.6) is 5.75 Å². The summed E-state index contributed by atoms with van der Waals surface area (Å²) in [5.41, 5.74) is 7.15. The first kappa shape index (κ1) is 14.9. The minimum Gasteiger partial charge on any atom is -0.497 e. The van der Waals surface area contributed by atoms with E-state index in [1.165, 1.54) is 6.42 Å². The second-order valence-electron chi connectivity index (χ2n) is 5.51. The fourth-order valence-electron chi connectivity index (χ4n) is 2.70. The summed E-state index contributed by atoms with van der Waals surface area (Å²) in [5, 5.41) is 3.00. The maximum Gasteiger partial charge on any atom is 0.220 e. The third-order valence-electron chi connectivity index (χ3n) is 4.08. The Kier molecular flexibility index (Phi) is 5.41. The molecule has 1 amide bonds. The van der Waals surface area contributed by atoms with Gasteiger partial charge in [0.05, 0.1) is 7.11 Å². The molecule has 2 atom stereocenters. The number of aryl methyl sites for hydroxylation is 1. The molecule has 1 fully saturated rings. The van der Waals surface area contributed by atoms with E-state index in [9.17, 15) is 4.79 Å². The zero-order valence-corrected chi connectivity index (χ0v) is 12.1. The molecule has 4 heteroatoms. The minimum absolute atomic E-state index is 0.111. The zero-order chi connectivity index (χ0) is 14.4. The number of rotatable bonds is 6. The normalized spacial score (nSPS) is 21.7. The molecule has 0 bridgehead atoms. The van der Waals surface area contributed by atoms with Gasteiger partial charge >= 0.3 is 0 Å². The third-order valence-corrected chi connectivity index (χ3v) is 4.08. The molecular formula is C16H24N2O2. The van der Waals surface area contributed by atoms with Crippen molar-refractivity contribution in [3.63, 3.8) is 0 Å². The van der Waals surface area contributed by atoms with Gasteiger partial charge in [0, 0.05) is 19.0 Å². The van der Waals surface area contributed by atoms with Gasteiger partial charge in [-0.2, -0.15) is 0 Å². The average Bonchev–Trinajstić information content (AvgIpc) is 2.89. The molecule has 0 radical (unpaired) electrons. The number of hydrogen-bond acceptors (Lipinski definition) is 3. The van der Waals surface area contributed by atoms with Gasteiger partial charge in [0.2, 0.25) is 5.91 Å². The molecule has 20 heavy (non-hydrogen) atoms. The SMILES string of the molecule is COc1ccc(CCC(=O)NCC2CCCC2N)cc1. The fourth-order valence-corrected chi connectivity index (χ4v) is 2.70. The van der Waals surface area contributed by atoms with Gasteiger partial charge < -0.3 is 15.8 Å². The van der Waals surface area contributed by atoms with Crippen molar-refractivity contribution in [1.29, 1.82) is 0 Å². The number of hydrogen-bond donors (Lipinski definition) is 2. The molecule has 1 aromatic rings. The van der Waals surface area contributed by atoms with Gasteiger partial charge in [-0.3, -0.25) is 4.79 Å². The van der Waals surface area contributed by atoms with Crippen LogP contribution in [0.25, 0.3) is 0 Å². The van der Waals surface area contributed by atoms with Crippen LogP contribution < -0.4 is 15.8 Å². The highest BCUT2D eigenvalue weighted by molar-refractivity contribution is 5.76. The van der Waals surface area contributed by atoms with E-state index in [4.69, 9.17) is 10.5 Å². The van der Waals surface area contributed by atoms with Gasteiger partial charge in [0.15, 0.2) is 0 Å². The number of nitrogens with one attached hydrogen (secondary N) is 1. The van der Waals surface area contributed by atoms with Gasteiger partial charge in [-0.1, -0.05) is 18.6 Å². The highest BCUT2D eigenvalue weighted by Crippen LogP contribution is 2.23. The molecule has 0 aliphatic heterocycles. The summed E-state index contributed by atoms with van der Waals surface area (Å²) in [4.78, 5) is 11.8. The smallest absolute Gasteiger partial charge is 0.220 e. The average molecular weight is 276 g/mol. The highest BCUT2D eigenvalue weighted by atomic mass is 16.5. The number of amides is 1. The number of carbonyl (C=O) groups excluding carboxylic acids is 1. The van der Waals surface area contributed by atoms with E-state index in [0.717, 1.165) is 37.1 Å². The molecule has 2 rings (SSSR count). The molecule has 1 aromatic carbocycles. The van der Waals surface area contributed by atoms with Gasteiger partial charge in [-0.25, -0.2) is 0 Å². The Morgan fingerprint density at radius 3 is 2.70 bits per heavy atom. The van der Waals surface area contributed by atoms with E-state index < -0.39 is 0 Å². The number of benzene rings is 1. The Labute approximate surface area is 120 Å². The van der Waals surface area contributed by atoms with Crippen LogP contribution in [0.4, 0.5) is 0 Å². The van der Waals surface area contributed by atoms with E-state index >= 15 is 0 Å². The van der Waals surface area contributed by atoms with Crippen molar-refractivity contribution in [2.45, 2.75) is 38.1 Å². The molecule has 0 aromatic heterocycles. The predicted octanol–water partition coefficient (Wildman–Crippen LogP) is 1.87. The maximum absolute atomic E-state index is 11.8. The molecule has 0 spiro atoms. The number of nitrogens with two attached hydrogens (primary N) is 1. The lowest BCUT2D eigenvalue weighted by Gasteiger charge is -2.15. The quantitative estimate of drug-likeness (QED) is 0.833. The molecule has 1 saturated carbocycles. The first-order valence-electron chi connectivity index (χ1n) is 7.34. The standard InChI is InChI=1S/C16H24N2O2/c1-20-14-8-5-12(6-9-14)7-10-16(19)18-11-13-3-2-4-15(13)17/h5-6,8-9,13,15H,2-4,7,10-11,17H2,1H3,(H,18,19). The van der Waals surface area contributed by atoms with E-state index in [0.29, 0.717) is 12.3 Å². The first-order valence-corrected chi connectivity index (χ1v) is 7.34. The first-order chi connectivity index (χ1) is 9.69. The van der Waals surface area contributed by atoms with Crippen LogP contribution in [0, 0.1) is 5.92 Å². The maximum atomic E-state index is 11.8. The largest absolute Gasteiger partial charge is 0.497 e. The summed E-state index contributed by atoms with van der Waals surface area (Å²) >= 11 is 0. The minimum atomic E-state index is 0.111. The highest BCUT2D eigenvalue weighted by Gasteiger charge is 2.23. The molecule has 0 heterocycles. The second kappa shape index (κ2) is 7.29. The molecule has 2 unspecified atom stereocenters. The topological polar surface area (TPSA) is 64.3 Å². The van der Waals surface area contributed by atoms with Crippen LogP contribution in [0.1, 0.15) is 31.2 Å². The second-order valence-corrected chi connectivity index (χ2v) is 5.51. The van der Waals surface area contributed by atoms with Crippen molar-refractivity contribution in [2.75, 3.05) is 13.7 Å². The number of ether oxygens (including phenoxy) is 1. The number of carbonyl (C=O) groups is 1. The Morgan fingerprint density at radius 2 is 2.10 bits per heavy atom. The summed E-state index contributed by atoms with van der Waals surface area (Å²) in [6, 6.07) is 8.10. The van der Waals surface area contributed by atoms with E-state index in [1.54, 1.807) is 7.11 Å². The van der Waals surface area contributed by atoms with Crippen molar-refractivity contribution < 1.29 is 9.53 Å². The van der Waals surface area contributed by atoms with E-state index in [-0.39, 0.29) is 11.9 Å². The summed E-state index contributed by atoms with van der Waals surface area (Å²) in [5.74, 6) is 1.41. The molecule has 4 nitrogen and oxygen atoms in total. The van der Waals surface area contributed by atoms with Crippen LogP contribution in [0.3, 0.4) is 0 Å². The summed E-state index contributed by atoms with van der Waals surface area (Å²) < 4.78 is 5.11. The Hall–Kier alpha value is -1.55. The molecule has 1 aliphatic rings. The van der Waals surface area contributed by atoms with Crippen LogP contribution in [0.15, 0.2) is 24.3 Å². The Bertz CT molecular complexity index is 431. The third kappa shape index (κ3) is 4.23. The molecule has 1 aliphatic carbocycles.